The molecule has 2 heterocycles. The van der Waals surface area contributed by atoms with Crippen LogP contribution in [-0.4, -0.2) is 18.7 Å². The van der Waals surface area contributed by atoms with Gasteiger partial charge in [-0.25, -0.2) is 4.79 Å². The van der Waals surface area contributed by atoms with Gasteiger partial charge in [0.2, 0.25) is 0 Å². The van der Waals surface area contributed by atoms with Crippen molar-refractivity contribution in [1.29, 1.82) is 0 Å². The van der Waals surface area contributed by atoms with Crippen molar-refractivity contribution < 1.29 is 14.3 Å². The van der Waals surface area contributed by atoms with Crippen molar-refractivity contribution in [2.45, 2.75) is 19.1 Å². The third-order valence-corrected chi connectivity index (χ3v) is 5.03. The predicted octanol–water partition coefficient (Wildman–Crippen LogP) is 4.65. The Kier molecular flexibility index (Phi) is 4.88. The van der Waals surface area contributed by atoms with Gasteiger partial charge in [0, 0.05) is 12.0 Å². The molecule has 1 aliphatic heterocycles. The molecule has 1 aliphatic rings. The first kappa shape index (κ1) is 16.7. The lowest BCUT2D eigenvalue weighted by Gasteiger charge is -2.13. The van der Waals surface area contributed by atoms with Crippen LogP contribution in [0.25, 0.3) is 11.1 Å². The smallest absolute Gasteiger partial charge is 0.407 e. The highest BCUT2D eigenvalue weighted by atomic mass is 32.1. The Bertz CT molecular complexity index is 878. The Hall–Kier alpha value is -2.79. The van der Waals surface area contributed by atoms with Crippen molar-refractivity contribution >= 4 is 17.4 Å². The van der Waals surface area contributed by atoms with E-state index < -0.39 is 6.09 Å². The van der Waals surface area contributed by atoms with Gasteiger partial charge in [-0.05, 0) is 33.5 Å². The van der Waals surface area contributed by atoms with E-state index in [0.717, 1.165) is 23.3 Å². The summed E-state index contributed by atoms with van der Waals surface area (Å²) in [5.74, 6) is 0.926. The van der Waals surface area contributed by atoms with Crippen LogP contribution >= 0.6 is 11.3 Å². The maximum atomic E-state index is 11.9. The number of amides is 1. The van der Waals surface area contributed by atoms with Gasteiger partial charge in [-0.15, -0.1) is 0 Å². The zero-order valence-electron chi connectivity index (χ0n) is 14.2. The molecule has 0 bridgehead atoms. The molecule has 2 aromatic carbocycles. The molecule has 26 heavy (non-hydrogen) atoms. The first-order valence-corrected chi connectivity index (χ1v) is 9.49. The third kappa shape index (κ3) is 3.73. The van der Waals surface area contributed by atoms with Gasteiger partial charge in [-0.2, -0.15) is 11.3 Å². The maximum Gasteiger partial charge on any atom is 0.407 e. The Labute approximate surface area is 156 Å². The van der Waals surface area contributed by atoms with Gasteiger partial charge in [0.05, 0.1) is 6.54 Å². The normalized spacial score (nSPS) is 15.2. The zero-order chi connectivity index (χ0) is 17.8. The Morgan fingerprint density at radius 3 is 2.85 bits per heavy atom. The van der Waals surface area contributed by atoms with Crippen LogP contribution in [0.3, 0.4) is 0 Å². The highest BCUT2D eigenvalue weighted by Gasteiger charge is 2.26. The summed E-state index contributed by atoms with van der Waals surface area (Å²) in [4.78, 5) is 11.9. The Morgan fingerprint density at radius 2 is 2.04 bits per heavy atom. The highest BCUT2D eigenvalue weighted by Crippen LogP contribution is 2.39. The second kappa shape index (κ2) is 7.62. The third-order valence-electron chi connectivity index (χ3n) is 4.35. The number of ether oxygens (including phenoxy) is 2. The molecule has 5 heteroatoms. The van der Waals surface area contributed by atoms with Crippen molar-refractivity contribution in [2.24, 2.45) is 0 Å². The molecule has 4 nitrogen and oxygen atoms in total. The van der Waals surface area contributed by atoms with Gasteiger partial charge < -0.3 is 14.8 Å². The number of rotatable bonds is 5. The van der Waals surface area contributed by atoms with E-state index in [2.05, 4.69) is 40.3 Å². The fourth-order valence-corrected chi connectivity index (χ4v) is 3.72. The minimum absolute atomic E-state index is 0.0749. The summed E-state index contributed by atoms with van der Waals surface area (Å²) in [7, 11) is 0. The van der Waals surface area contributed by atoms with E-state index in [9.17, 15) is 4.79 Å². The van der Waals surface area contributed by atoms with E-state index in [1.807, 2.05) is 30.3 Å². The second-order valence-corrected chi connectivity index (χ2v) is 6.97. The van der Waals surface area contributed by atoms with Crippen molar-refractivity contribution in [1.82, 2.24) is 5.32 Å². The lowest BCUT2D eigenvalue weighted by atomic mass is 10.0. The lowest BCUT2D eigenvalue weighted by molar-refractivity contribution is 0.133. The fraction of sp³-hybridized carbons (Fsp3) is 0.190. The average Bonchev–Trinajstić information content (AvgIpc) is 3.34. The largest absolute Gasteiger partial charge is 0.487 e. The molecule has 4 rings (SSSR count). The molecule has 0 fully saturated rings. The number of thiophene rings is 1. The van der Waals surface area contributed by atoms with Gasteiger partial charge in [0.25, 0.3) is 0 Å². The number of carbonyl (C=O) groups excluding carboxylic acids is 1. The molecule has 132 valence electrons. The standard InChI is InChI=1S/C21H19NO3S/c23-21(24-13-15-5-2-1-3-6-15)22-12-18-11-16-7-4-8-19(20(16)25-18)17-9-10-26-14-17/h1-10,14,18H,11-13H2,(H,22,23). The predicted molar refractivity (Wildman–Crippen MR) is 103 cm³/mol. The zero-order valence-corrected chi connectivity index (χ0v) is 15.0. The topological polar surface area (TPSA) is 47.6 Å². The Balaban J connectivity index is 1.32. The van der Waals surface area contributed by atoms with Crippen LogP contribution in [0.15, 0.2) is 65.4 Å². The summed E-state index contributed by atoms with van der Waals surface area (Å²) in [6.07, 6.45) is 0.284. The van der Waals surface area contributed by atoms with E-state index in [1.165, 1.54) is 11.1 Å². The lowest BCUT2D eigenvalue weighted by Crippen LogP contribution is -2.34. The number of benzene rings is 2. The Morgan fingerprint density at radius 1 is 1.15 bits per heavy atom. The van der Waals surface area contributed by atoms with Crippen LogP contribution in [0.4, 0.5) is 4.79 Å². The van der Waals surface area contributed by atoms with Crippen LogP contribution in [0.5, 0.6) is 5.75 Å². The van der Waals surface area contributed by atoms with Crippen molar-refractivity contribution in [3.05, 3.63) is 76.5 Å². The van der Waals surface area contributed by atoms with Crippen LogP contribution in [0.2, 0.25) is 0 Å². The minimum atomic E-state index is -0.425. The molecular weight excluding hydrogens is 346 g/mol. The maximum absolute atomic E-state index is 11.9. The molecule has 0 saturated carbocycles. The van der Waals surface area contributed by atoms with Crippen LogP contribution in [0, 0.1) is 0 Å². The number of carbonyl (C=O) groups is 1. The highest BCUT2D eigenvalue weighted by molar-refractivity contribution is 7.08. The monoisotopic (exact) mass is 365 g/mol. The number of hydrogen-bond donors (Lipinski definition) is 1. The van der Waals surface area contributed by atoms with Crippen molar-refractivity contribution in [3.63, 3.8) is 0 Å². The number of nitrogens with one attached hydrogen (secondary N) is 1. The average molecular weight is 365 g/mol. The minimum Gasteiger partial charge on any atom is -0.487 e. The molecule has 1 amide bonds. The number of fused-ring (bicyclic) bond motifs is 1. The summed E-state index contributed by atoms with van der Waals surface area (Å²) in [5, 5.41) is 6.98. The van der Waals surface area contributed by atoms with Gasteiger partial charge in [0.15, 0.2) is 0 Å². The molecule has 0 radical (unpaired) electrons. The first-order chi connectivity index (χ1) is 12.8. The summed E-state index contributed by atoms with van der Waals surface area (Å²) >= 11 is 1.67. The summed E-state index contributed by atoms with van der Waals surface area (Å²) < 4.78 is 11.4. The van der Waals surface area contributed by atoms with Gasteiger partial charge in [0.1, 0.15) is 18.5 Å². The molecular formula is C21H19NO3S. The van der Waals surface area contributed by atoms with Crippen LogP contribution in [0.1, 0.15) is 11.1 Å². The van der Waals surface area contributed by atoms with Gasteiger partial charge in [-0.3, -0.25) is 0 Å². The van der Waals surface area contributed by atoms with E-state index in [0.29, 0.717) is 6.54 Å². The quantitative estimate of drug-likeness (QED) is 0.716. The SMILES string of the molecule is O=C(NCC1Cc2cccc(-c3ccsc3)c2O1)OCc1ccccc1. The molecule has 0 spiro atoms. The summed E-state index contributed by atoms with van der Waals surface area (Å²) in [6, 6.07) is 17.9. The molecule has 1 aromatic heterocycles. The number of hydrogen-bond acceptors (Lipinski definition) is 4. The van der Waals surface area contributed by atoms with Crippen molar-refractivity contribution in [2.75, 3.05) is 6.54 Å². The number of alkyl carbamates (subject to hydrolysis) is 1. The molecule has 0 aliphatic carbocycles. The van der Waals surface area contributed by atoms with E-state index in [1.54, 1.807) is 11.3 Å². The first-order valence-electron chi connectivity index (χ1n) is 8.55. The fourth-order valence-electron chi connectivity index (χ4n) is 3.07. The van der Waals surface area contributed by atoms with Crippen molar-refractivity contribution in [3.8, 4) is 16.9 Å². The van der Waals surface area contributed by atoms with Crippen LogP contribution in [-0.2, 0) is 17.8 Å². The molecule has 1 unspecified atom stereocenters. The summed E-state index contributed by atoms with van der Waals surface area (Å²) in [5.41, 5.74) is 4.42. The molecule has 0 saturated heterocycles. The second-order valence-electron chi connectivity index (χ2n) is 6.19. The van der Waals surface area contributed by atoms with Crippen LogP contribution < -0.4 is 10.1 Å². The summed E-state index contributed by atoms with van der Waals surface area (Å²) in [6.45, 7) is 0.687. The molecule has 1 N–H and O–H groups in total. The van der Waals surface area contributed by atoms with Gasteiger partial charge in [-0.1, -0.05) is 48.5 Å². The van der Waals surface area contributed by atoms with E-state index in [-0.39, 0.29) is 12.7 Å². The molecule has 1 atom stereocenters. The molecule has 3 aromatic rings. The van der Waals surface area contributed by atoms with Gasteiger partial charge >= 0.3 is 6.09 Å². The van der Waals surface area contributed by atoms with E-state index >= 15 is 0 Å². The van der Waals surface area contributed by atoms with E-state index in [4.69, 9.17) is 9.47 Å². The number of para-hydroxylation sites is 1.